The second-order valence-electron chi connectivity index (χ2n) is 3.36. The molecule has 94 valence electrons. The van der Waals surface area contributed by atoms with E-state index in [4.69, 9.17) is 14.6 Å². The first-order chi connectivity index (χ1) is 8.24. The first kappa shape index (κ1) is 13.5. The first-order valence-corrected chi connectivity index (χ1v) is 5.42. The Hall–Kier alpha value is -1.59. The van der Waals surface area contributed by atoms with Gasteiger partial charge in [-0.15, -0.1) is 0 Å². The number of benzene rings is 1. The molecule has 1 aromatic rings. The molecular formula is C12H17NO4. The number of ether oxygens (including phenoxy) is 2. The van der Waals surface area contributed by atoms with Crippen molar-refractivity contribution < 1.29 is 19.4 Å². The van der Waals surface area contributed by atoms with Crippen molar-refractivity contribution in [3.8, 4) is 5.75 Å². The van der Waals surface area contributed by atoms with Crippen molar-refractivity contribution >= 4 is 11.6 Å². The molecule has 2 N–H and O–H groups in total. The van der Waals surface area contributed by atoms with Crippen LogP contribution in [0.3, 0.4) is 0 Å². The Morgan fingerprint density at radius 1 is 1.29 bits per heavy atom. The van der Waals surface area contributed by atoms with Gasteiger partial charge in [-0.3, -0.25) is 4.79 Å². The van der Waals surface area contributed by atoms with Crippen molar-refractivity contribution in [3.63, 3.8) is 0 Å². The summed E-state index contributed by atoms with van der Waals surface area (Å²) in [6.45, 7) is 2.52. The fraction of sp³-hybridized carbons (Fsp3) is 0.417. The predicted octanol–water partition coefficient (Wildman–Crippen LogP) is 1.03. The number of anilines is 1. The van der Waals surface area contributed by atoms with Crippen LogP contribution in [-0.2, 0) is 9.53 Å². The minimum absolute atomic E-state index is 0.00246. The summed E-state index contributed by atoms with van der Waals surface area (Å²) in [5, 5.41) is 11.2. The lowest BCUT2D eigenvalue weighted by molar-refractivity contribution is -0.114. The van der Waals surface area contributed by atoms with E-state index < -0.39 is 0 Å². The number of nitrogens with one attached hydrogen (secondary N) is 1. The van der Waals surface area contributed by atoms with Crippen molar-refractivity contribution in [3.05, 3.63) is 24.3 Å². The fourth-order valence-electron chi connectivity index (χ4n) is 1.26. The number of carbonyl (C=O) groups excluding carboxylic acids is 1. The Labute approximate surface area is 100 Å². The standard InChI is InChI=1S/C12H17NO4/c1-10(15)13-11-4-2-3-5-12(11)17-9-8-16-7-6-14/h2-5,14H,6-9H2,1H3,(H,13,15). The van der Waals surface area contributed by atoms with Gasteiger partial charge in [-0.1, -0.05) is 12.1 Å². The van der Waals surface area contributed by atoms with E-state index in [1.54, 1.807) is 12.1 Å². The molecule has 1 aromatic carbocycles. The number of aliphatic hydroxyl groups excluding tert-OH is 1. The molecule has 0 fully saturated rings. The topological polar surface area (TPSA) is 67.8 Å². The van der Waals surface area contributed by atoms with Crippen molar-refractivity contribution in [2.24, 2.45) is 0 Å². The average Bonchev–Trinajstić information content (AvgIpc) is 2.30. The van der Waals surface area contributed by atoms with Gasteiger partial charge in [-0.2, -0.15) is 0 Å². The highest BCUT2D eigenvalue weighted by Gasteiger charge is 2.03. The van der Waals surface area contributed by atoms with E-state index in [0.717, 1.165) is 0 Å². The summed E-state index contributed by atoms with van der Waals surface area (Å²) in [6.07, 6.45) is 0. The molecule has 5 heteroatoms. The van der Waals surface area contributed by atoms with Gasteiger partial charge in [-0.25, -0.2) is 0 Å². The summed E-state index contributed by atoms with van der Waals surface area (Å²) in [4.78, 5) is 11.0. The van der Waals surface area contributed by atoms with Gasteiger partial charge in [0, 0.05) is 6.92 Å². The predicted molar refractivity (Wildman–Crippen MR) is 64.1 cm³/mol. The molecule has 17 heavy (non-hydrogen) atoms. The van der Waals surface area contributed by atoms with Crippen molar-refractivity contribution in [1.29, 1.82) is 0 Å². The van der Waals surface area contributed by atoms with Gasteiger partial charge >= 0.3 is 0 Å². The van der Waals surface area contributed by atoms with E-state index in [2.05, 4.69) is 5.32 Å². The number of aliphatic hydroxyl groups is 1. The number of rotatable bonds is 7. The largest absolute Gasteiger partial charge is 0.489 e. The molecule has 0 heterocycles. The molecule has 0 bridgehead atoms. The van der Waals surface area contributed by atoms with Crippen molar-refractivity contribution in [2.45, 2.75) is 6.92 Å². The summed E-state index contributed by atoms with van der Waals surface area (Å²) in [5.74, 6) is 0.466. The van der Waals surface area contributed by atoms with E-state index >= 15 is 0 Å². The number of amides is 1. The van der Waals surface area contributed by atoms with Crippen LogP contribution < -0.4 is 10.1 Å². The van der Waals surface area contributed by atoms with Crippen LogP contribution >= 0.6 is 0 Å². The van der Waals surface area contributed by atoms with Gasteiger partial charge < -0.3 is 19.9 Å². The Balaban J connectivity index is 2.43. The highest BCUT2D eigenvalue weighted by molar-refractivity contribution is 5.90. The normalized spacial score (nSPS) is 10.0. The molecule has 0 atom stereocenters. The van der Waals surface area contributed by atoms with Crippen LogP contribution in [0, 0.1) is 0 Å². The van der Waals surface area contributed by atoms with Crippen LogP contribution in [0.4, 0.5) is 5.69 Å². The van der Waals surface area contributed by atoms with Gasteiger partial charge in [0.05, 0.1) is 25.5 Å². The van der Waals surface area contributed by atoms with E-state index in [0.29, 0.717) is 31.3 Å². The maximum absolute atomic E-state index is 11.0. The molecule has 0 radical (unpaired) electrons. The van der Waals surface area contributed by atoms with Gasteiger partial charge in [0.1, 0.15) is 12.4 Å². The molecule has 0 saturated heterocycles. The van der Waals surface area contributed by atoms with E-state index in [-0.39, 0.29) is 12.5 Å². The Bertz CT molecular complexity index is 354. The maximum Gasteiger partial charge on any atom is 0.221 e. The SMILES string of the molecule is CC(=O)Nc1ccccc1OCCOCCO. The molecular weight excluding hydrogens is 222 g/mol. The van der Waals surface area contributed by atoms with Crippen LogP contribution in [0.5, 0.6) is 5.75 Å². The van der Waals surface area contributed by atoms with Crippen molar-refractivity contribution in [2.75, 3.05) is 31.7 Å². The summed E-state index contributed by atoms with van der Waals surface area (Å²) in [6, 6.07) is 7.19. The highest BCUT2D eigenvalue weighted by Crippen LogP contribution is 2.23. The molecule has 0 saturated carbocycles. The third-order valence-electron chi connectivity index (χ3n) is 1.92. The molecule has 0 aliphatic rings. The van der Waals surface area contributed by atoms with E-state index in [1.807, 2.05) is 12.1 Å². The van der Waals surface area contributed by atoms with Crippen LogP contribution in [0.1, 0.15) is 6.92 Å². The number of hydrogen-bond donors (Lipinski definition) is 2. The van der Waals surface area contributed by atoms with Gasteiger partial charge in [0.2, 0.25) is 5.91 Å². The van der Waals surface area contributed by atoms with Crippen molar-refractivity contribution in [1.82, 2.24) is 0 Å². The molecule has 0 aliphatic heterocycles. The molecule has 5 nitrogen and oxygen atoms in total. The maximum atomic E-state index is 11.0. The lowest BCUT2D eigenvalue weighted by Crippen LogP contribution is -2.11. The molecule has 1 amide bonds. The quantitative estimate of drug-likeness (QED) is 0.697. The lowest BCUT2D eigenvalue weighted by atomic mass is 10.3. The van der Waals surface area contributed by atoms with Crippen LogP contribution in [0.15, 0.2) is 24.3 Å². The zero-order valence-electron chi connectivity index (χ0n) is 9.81. The Kier molecular flexibility index (Phi) is 6.06. The Morgan fingerprint density at radius 3 is 2.76 bits per heavy atom. The van der Waals surface area contributed by atoms with Gasteiger partial charge in [0.15, 0.2) is 0 Å². The summed E-state index contributed by atoms with van der Waals surface area (Å²) in [5.41, 5.74) is 0.641. The van der Waals surface area contributed by atoms with Gasteiger partial charge in [0.25, 0.3) is 0 Å². The lowest BCUT2D eigenvalue weighted by Gasteiger charge is -2.11. The summed E-state index contributed by atoms with van der Waals surface area (Å²) in [7, 11) is 0. The second kappa shape index (κ2) is 7.65. The van der Waals surface area contributed by atoms with Gasteiger partial charge in [-0.05, 0) is 12.1 Å². The molecule has 1 rings (SSSR count). The minimum atomic E-state index is -0.141. The zero-order chi connectivity index (χ0) is 12.5. The third-order valence-corrected chi connectivity index (χ3v) is 1.92. The third kappa shape index (κ3) is 5.33. The average molecular weight is 239 g/mol. The fourth-order valence-corrected chi connectivity index (χ4v) is 1.26. The zero-order valence-corrected chi connectivity index (χ0v) is 9.81. The minimum Gasteiger partial charge on any atom is -0.489 e. The monoisotopic (exact) mass is 239 g/mol. The highest BCUT2D eigenvalue weighted by atomic mass is 16.5. The van der Waals surface area contributed by atoms with Crippen LogP contribution in [-0.4, -0.2) is 37.4 Å². The van der Waals surface area contributed by atoms with Crippen LogP contribution in [0.2, 0.25) is 0 Å². The number of para-hydroxylation sites is 2. The number of carbonyl (C=O) groups is 1. The van der Waals surface area contributed by atoms with Crippen LogP contribution in [0.25, 0.3) is 0 Å². The van der Waals surface area contributed by atoms with E-state index in [1.165, 1.54) is 6.92 Å². The smallest absolute Gasteiger partial charge is 0.221 e. The molecule has 0 aliphatic carbocycles. The first-order valence-electron chi connectivity index (χ1n) is 5.42. The molecule has 0 unspecified atom stereocenters. The summed E-state index contributed by atoms with van der Waals surface area (Å²) < 4.78 is 10.5. The second-order valence-corrected chi connectivity index (χ2v) is 3.36. The number of hydrogen-bond acceptors (Lipinski definition) is 4. The molecule has 0 spiro atoms. The summed E-state index contributed by atoms with van der Waals surface area (Å²) >= 11 is 0. The molecule has 0 aromatic heterocycles. The van der Waals surface area contributed by atoms with E-state index in [9.17, 15) is 4.79 Å². The Morgan fingerprint density at radius 2 is 2.06 bits per heavy atom.